The molecule has 36 heavy (non-hydrogen) atoms. The first-order valence-corrected chi connectivity index (χ1v) is 11.5. The number of fused-ring (bicyclic) bond motifs is 1. The number of nitrogens with one attached hydrogen (secondary N) is 1. The molecule has 1 aliphatic heterocycles. The standard InChI is InChI=1S/C24H19ClN8O3/c1-31-19(6-7-21(31)24(35)36)17-11-26-23(28-17)20-5-3-15-8-13(9-22(34)33(15)20)16-10-14(25)2-4-18(16)32-12-27-29-30-32/h2,4,6-12,20H,3,5H2,1H3,(H,26,28)(H,35,36)/t20-/m0/s1. The molecule has 0 aliphatic carbocycles. The molecule has 180 valence electrons. The normalized spacial score (nSPS) is 14.8. The van der Waals surface area contributed by atoms with E-state index in [1.54, 1.807) is 52.7 Å². The van der Waals surface area contributed by atoms with E-state index in [1.807, 2.05) is 12.1 Å². The third-order valence-corrected chi connectivity index (χ3v) is 6.76. The molecule has 0 spiro atoms. The molecule has 1 atom stereocenters. The first-order valence-electron chi connectivity index (χ1n) is 11.1. The number of tetrazole rings is 1. The Hall–Kier alpha value is -4.51. The lowest BCUT2D eigenvalue weighted by molar-refractivity contribution is 0.0686. The number of carboxylic acids is 1. The Kier molecular flexibility index (Phi) is 5.07. The lowest BCUT2D eigenvalue weighted by Crippen LogP contribution is -2.23. The zero-order valence-corrected chi connectivity index (χ0v) is 19.7. The molecule has 0 bridgehead atoms. The summed E-state index contributed by atoms with van der Waals surface area (Å²) >= 11 is 6.28. The van der Waals surface area contributed by atoms with Gasteiger partial charge in [-0.05, 0) is 65.2 Å². The summed E-state index contributed by atoms with van der Waals surface area (Å²) < 4.78 is 4.87. The first-order chi connectivity index (χ1) is 17.4. The van der Waals surface area contributed by atoms with Gasteiger partial charge in [-0.25, -0.2) is 9.78 Å². The van der Waals surface area contributed by atoms with Crippen LogP contribution in [0.1, 0.15) is 34.5 Å². The van der Waals surface area contributed by atoms with Crippen molar-refractivity contribution in [3.63, 3.8) is 0 Å². The SMILES string of the molecule is Cn1c(C(=O)O)ccc1-c1cnc([C@@H]2CCc3cc(-c4cc(Cl)ccc4-n4cnnn4)cc(=O)n32)[nH]1. The number of benzene rings is 1. The zero-order valence-electron chi connectivity index (χ0n) is 19.0. The van der Waals surface area contributed by atoms with Crippen molar-refractivity contribution < 1.29 is 9.90 Å². The molecule has 0 amide bonds. The van der Waals surface area contributed by atoms with Crippen molar-refractivity contribution in [1.29, 1.82) is 0 Å². The monoisotopic (exact) mass is 502 g/mol. The number of nitrogens with zero attached hydrogens (tertiary/aromatic N) is 7. The molecule has 0 unspecified atom stereocenters. The number of halogens is 1. The van der Waals surface area contributed by atoms with Crippen LogP contribution in [-0.4, -0.2) is 50.4 Å². The Morgan fingerprint density at radius 2 is 2.06 bits per heavy atom. The molecule has 0 radical (unpaired) electrons. The number of aromatic nitrogens is 8. The summed E-state index contributed by atoms with van der Waals surface area (Å²) in [5, 5.41) is 21.3. The maximum atomic E-state index is 13.4. The number of carboxylic acid groups (broad SMARTS) is 1. The van der Waals surface area contributed by atoms with Gasteiger partial charge in [0.25, 0.3) is 5.56 Å². The van der Waals surface area contributed by atoms with Crippen LogP contribution in [0, 0.1) is 0 Å². The third kappa shape index (κ3) is 3.52. The van der Waals surface area contributed by atoms with Gasteiger partial charge >= 0.3 is 5.97 Å². The number of aromatic amines is 1. The lowest BCUT2D eigenvalue weighted by Gasteiger charge is -2.15. The largest absolute Gasteiger partial charge is 0.477 e. The van der Waals surface area contributed by atoms with Crippen LogP contribution in [0.15, 0.2) is 59.8 Å². The summed E-state index contributed by atoms with van der Waals surface area (Å²) in [6, 6.07) is 11.9. The second-order valence-corrected chi connectivity index (χ2v) is 9.00. The van der Waals surface area contributed by atoms with Crippen molar-refractivity contribution in [2.45, 2.75) is 18.9 Å². The molecular weight excluding hydrogens is 484 g/mol. The molecule has 6 rings (SSSR count). The molecule has 1 aliphatic rings. The van der Waals surface area contributed by atoms with Gasteiger partial charge in [0.05, 0.1) is 29.3 Å². The van der Waals surface area contributed by atoms with Crippen molar-refractivity contribution in [2.24, 2.45) is 7.05 Å². The maximum absolute atomic E-state index is 13.4. The molecule has 11 nitrogen and oxygen atoms in total. The van der Waals surface area contributed by atoms with Gasteiger partial charge in [-0.3, -0.25) is 4.79 Å². The quantitative estimate of drug-likeness (QED) is 0.376. The highest BCUT2D eigenvalue weighted by atomic mass is 35.5. The molecule has 1 aromatic carbocycles. The molecule has 5 heterocycles. The number of aryl methyl sites for hydroxylation is 1. The number of hydrogen-bond acceptors (Lipinski definition) is 6. The van der Waals surface area contributed by atoms with Crippen LogP contribution in [0.25, 0.3) is 28.2 Å². The van der Waals surface area contributed by atoms with Crippen molar-refractivity contribution >= 4 is 17.6 Å². The van der Waals surface area contributed by atoms with Crippen molar-refractivity contribution in [1.82, 2.24) is 39.3 Å². The van der Waals surface area contributed by atoms with Gasteiger partial charge < -0.3 is 19.2 Å². The van der Waals surface area contributed by atoms with E-state index in [2.05, 4.69) is 25.5 Å². The van der Waals surface area contributed by atoms with Gasteiger partial charge in [0.15, 0.2) is 0 Å². The Bertz CT molecular complexity index is 1680. The van der Waals surface area contributed by atoms with Crippen LogP contribution >= 0.6 is 11.6 Å². The summed E-state index contributed by atoms with van der Waals surface area (Å²) in [7, 11) is 1.69. The van der Waals surface area contributed by atoms with Gasteiger partial charge in [-0.15, -0.1) is 5.10 Å². The van der Waals surface area contributed by atoms with E-state index in [9.17, 15) is 14.7 Å². The van der Waals surface area contributed by atoms with Gasteiger partial charge in [0.1, 0.15) is 17.8 Å². The number of hydrogen-bond donors (Lipinski definition) is 2. The molecule has 0 saturated heterocycles. The fourth-order valence-corrected chi connectivity index (χ4v) is 5.03. The van der Waals surface area contributed by atoms with E-state index in [1.165, 1.54) is 11.0 Å². The van der Waals surface area contributed by atoms with Crippen LogP contribution in [0.5, 0.6) is 0 Å². The molecular formula is C24H19ClN8O3. The van der Waals surface area contributed by atoms with E-state index < -0.39 is 5.97 Å². The Balaban J connectivity index is 1.38. The summed E-state index contributed by atoms with van der Waals surface area (Å²) in [6.45, 7) is 0. The molecule has 0 fully saturated rings. The van der Waals surface area contributed by atoms with E-state index in [0.717, 1.165) is 16.8 Å². The predicted molar refractivity (Wildman–Crippen MR) is 130 cm³/mol. The van der Waals surface area contributed by atoms with Crippen LogP contribution in [-0.2, 0) is 13.5 Å². The number of H-pyrrole nitrogens is 1. The summed E-state index contributed by atoms with van der Waals surface area (Å²) in [5.74, 6) is -0.354. The number of carbonyl (C=O) groups is 1. The van der Waals surface area contributed by atoms with Gasteiger partial charge in [-0.1, -0.05) is 11.6 Å². The average molecular weight is 503 g/mol. The van der Waals surface area contributed by atoms with Crippen molar-refractivity contribution in [3.05, 3.63) is 87.6 Å². The van der Waals surface area contributed by atoms with Gasteiger partial charge in [0, 0.05) is 29.4 Å². The fraction of sp³-hybridized carbons (Fsp3) is 0.167. The predicted octanol–water partition coefficient (Wildman–Crippen LogP) is 3.11. The van der Waals surface area contributed by atoms with Crippen LogP contribution in [0.2, 0.25) is 5.02 Å². The molecule has 0 saturated carbocycles. The Morgan fingerprint density at radius 3 is 2.81 bits per heavy atom. The molecule has 12 heteroatoms. The highest BCUT2D eigenvalue weighted by Crippen LogP contribution is 2.34. The number of rotatable bonds is 5. The minimum Gasteiger partial charge on any atom is -0.477 e. The average Bonchev–Trinajstić information content (AvgIpc) is 3.64. The third-order valence-electron chi connectivity index (χ3n) is 6.53. The number of pyridine rings is 1. The van der Waals surface area contributed by atoms with Crippen LogP contribution in [0.4, 0.5) is 0 Å². The van der Waals surface area contributed by atoms with Crippen molar-refractivity contribution in [3.8, 4) is 28.2 Å². The maximum Gasteiger partial charge on any atom is 0.352 e. The molecule has 4 aromatic heterocycles. The topological polar surface area (TPSA) is 137 Å². The summed E-state index contributed by atoms with van der Waals surface area (Å²) in [5.41, 5.74) is 4.47. The highest BCUT2D eigenvalue weighted by molar-refractivity contribution is 6.31. The van der Waals surface area contributed by atoms with Crippen LogP contribution in [0.3, 0.4) is 0 Å². The smallest absolute Gasteiger partial charge is 0.352 e. The first kappa shape index (κ1) is 22.0. The molecule has 5 aromatic rings. The fourth-order valence-electron chi connectivity index (χ4n) is 4.85. The van der Waals surface area contributed by atoms with E-state index in [-0.39, 0.29) is 17.3 Å². The zero-order chi connectivity index (χ0) is 25.0. The van der Waals surface area contributed by atoms with Crippen LogP contribution < -0.4 is 5.56 Å². The highest BCUT2D eigenvalue weighted by Gasteiger charge is 2.28. The minimum absolute atomic E-state index is 0.155. The minimum atomic E-state index is -1.00. The van der Waals surface area contributed by atoms with E-state index in [4.69, 9.17) is 11.6 Å². The van der Waals surface area contributed by atoms with E-state index in [0.29, 0.717) is 40.8 Å². The van der Waals surface area contributed by atoms with Gasteiger partial charge in [0.2, 0.25) is 0 Å². The second kappa shape index (κ2) is 8.31. The molecule has 2 N–H and O–H groups in total. The lowest BCUT2D eigenvalue weighted by atomic mass is 10.0. The van der Waals surface area contributed by atoms with Crippen molar-refractivity contribution in [2.75, 3.05) is 0 Å². The second-order valence-electron chi connectivity index (χ2n) is 8.56. The van der Waals surface area contributed by atoms with Gasteiger partial charge in [-0.2, -0.15) is 4.68 Å². The number of imidazole rings is 1. The van der Waals surface area contributed by atoms with E-state index >= 15 is 0 Å². The summed E-state index contributed by atoms with van der Waals surface area (Å²) in [6.07, 6.45) is 4.55. The summed E-state index contributed by atoms with van der Waals surface area (Å²) in [4.78, 5) is 32.6. The Morgan fingerprint density at radius 1 is 1.19 bits per heavy atom. The Labute approximate surface area is 208 Å². The number of aromatic carboxylic acids is 1.